The number of nitrogens with zero attached hydrogens (tertiary/aromatic N) is 2. The summed E-state index contributed by atoms with van der Waals surface area (Å²) in [5.74, 6) is -0.289. The van der Waals surface area contributed by atoms with Gasteiger partial charge in [-0.1, -0.05) is 42.8 Å². The van der Waals surface area contributed by atoms with Gasteiger partial charge in [0.15, 0.2) is 0 Å². The second-order valence-electron chi connectivity index (χ2n) is 8.82. The maximum Gasteiger partial charge on any atom is 0.305 e. The molecule has 0 radical (unpaired) electrons. The van der Waals surface area contributed by atoms with E-state index >= 15 is 0 Å². The molecule has 1 fully saturated rings. The lowest BCUT2D eigenvalue weighted by Gasteiger charge is -2.31. The highest BCUT2D eigenvalue weighted by molar-refractivity contribution is 6.30. The summed E-state index contributed by atoms with van der Waals surface area (Å²) >= 11 is 6.05. The van der Waals surface area contributed by atoms with Gasteiger partial charge in [0.25, 0.3) is 0 Å². The lowest BCUT2D eigenvalue weighted by Crippen LogP contribution is -2.31. The molecule has 0 saturated carbocycles. The van der Waals surface area contributed by atoms with Crippen molar-refractivity contribution in [1.29, 1.82) is 0 Å². The third-order valence-corrected chi connectivity index (χ3v) is 6.55. The zero-order valence-corrected chi connectivity index (χ0v) is 21.1. The van der Waals surface area contributed by atoms with E-state index < -0.39 is 5.97 Å². The number of imide groups is 1. The number of benzene rings is 2. The summed E-state index contributed by atoms with van der Waals surface area (Å²) in [5, 5.41) is 10.2. The Labute approximate surface area is 211 Å². The van der Waals surface area contributed by atoms with Crippen LogP contribution in [-0.2, 0) is 27.3 Å². The molecule has 1 N–H and O–H groups in total. The molecule has 2 aromatic rings. The van der Waals surface area contributed by atoms with Gasteiger partial charge in [-0.3, -0.25) is 24.2 Å². The summed E-state index contributed by atoms with van der Waals surface area (Å²) < 4.78 is 5.64. The maximum absolute atomic E-state index is 11.8. The van der Waals surface area contributed by atoms with E-state index in [1.807, 2.05) is 30.3 Å². The van der Waals surface area contributed by atoms with E-state index in [1.165, 1.54) is 4.90 Å². The van der Waals surface area contributed by atoms with Gasteiger partial charge in [0.2, 0.25) is 11.8 Å². The lowest BCUT2D eigenvalue weighted by atomic mass is 10.00. The van der Waals surface area contributed by atoms with Crippen LogP contribution in [0, 0.1) is 0 Å². The topological polar surface area (TPSA) is 87.2 Å². The van der Waals surface area contributed by atoms with Crippen LogP contribution in [0.1, 0.15) is 61.8 Å². The largest absolute Gasteiger partial charge is 0.496 e. The first-order chi connectivity index (χ1) is 16.8. The molecule has 0 aromatic heterocycles. The number of halogens is 1. The van der Waals surface area contributed by atoms with Gasteiger partial charge in [-0.05, 0) is 60.7 Å². The number of carbonyl (C=O) groups is 3. The van der Waals surface area contributed by atoms with Gasteiger partial charge in [-0.15, -0.1) is 0 Å². The number of hydrogen-bond donors (Lipinski definition) is 1. The fourth-order valence-electron chi connectivity index (χ4n) is 4.57. The van der Waals surface area contributed by atoms with E-state index in [0.717, 1.165) is 35.4 Å². The number of hydrogen-bond acceptors (Lipinski definition) is 5. The zero-order chi connectivity index (χ0) is 25.4. The van der Waals surface area contributed by atoms with Crippen LogP contribution in [0.25, 0.3) is 0 Å². The Balaban J connectivity index is 1.73. The molecule has 1 atom stereocenters. The average Bonchev–Trinajstić information content (AvgIpc) is 3.15. The molecule has 188 valence electrons. The number of likely N-dealkylation sites (tertiary alicyclic amines) is 1. The highest BCUT2D eigenvalue weighted by atomic mass is 35.5. The summed E-state index contributed by atoms with van der Waals surface area (Å²) in [6.07, 6.45) is 2.85. The molecule has 3 rings (SSSR count). The predicted octanol–water partition coefficient (Wildman–Crippen LogP) is 4.86. The number of methoxy groups -OCH3 is 1. The Kier molecular flexibility index (Phi) is 9.69. The number of carboxylic acids is 1. The zero-order valence-electron chi connectivity index (χ0n) is 20.3. The van der Waals surface area contributed by atoms with Crippen molar-refractivity contribution in [2.75, 3.05) is 20.2 Å². The summed E-state index contributed by atoms with van der Waals surface area (Å²) in [6.45, 7) is 3.81. The van der Waals surface area contributed by atoms with Gasteiger partial charge >= 0.3 is 5.97 Å². The Morgan fingerprint density at radius 1 is 1.14 bits per heavy atom. The fourth-order valence-corrected chi connectivity index (χ4v) is 4.69. The van der Waals surface area contributed by atoms with E-state index in [-0.39, 0.29) is 24.3 Å². The molecule has 1 aliphatic rings. The smallest absolute Gasteiger partial charge is 0.305 e. The van der Waals surface area contributed by atoms with Crippen molar-refractivity contribution in [1.82, 2.24) is 9.80 Å². The van der Waals surface area contributed by atoms with Gasteiger partial charge in [0, 0.05) is 37.0 Å². The first kappa shape index (κ1) is 26.7. The molecule has 1 aliphatic heterocycles. The second-order valence-corrected chi connectivity index (χ2v) is 9.26. The monoisotopic (exact) mass is 500 g/mol. The third-order valence-electron chi connectivity index (χ3n) is 6.29. The van der Waals surface area contributed by atoms with Crippen molar-refractivity contribution in [3.05, 3.63) is 64.2 Å². The number of aliphatic carboxylic acids is 1. The SMILES string of the molecule is CCCN(Cc1ccc(CCCN2C(=O)CCC2=O)c(OC)c1)C(CC(=O)O)c1ccc(Cl)cc1. The third kappa shape index (κ3) is 7.29. The quantitative estimate of drug-likeness (QED) is 0.395. The molecule has 2 amide bonds. The van der Waals surface area contributed by atoms with Gasteiger partial charge in [0.05, 0.1) is 13.5 Å². The Bertz CT molecular complexity index is 1020. The number of ether oxygens (including phenoxy) is 1. The Morgan fingerprint density at radius 3 is 2.43 bits per heavy atom. The van der Waals surface area contributed by atoms with Crippen LogP contribution in [0.2, 0.25) is 5.02 Å². The van der Waals surface area contributed by atoms with E-state index in [0.29, 0.717) is 43.8 Å². The molecule has 1 saturated heterocycles. The number of rotatable bonds is 13. The summed E-state index contributed by atoms with van der Waals surface area (Å²) in [4.78, 5) is 38.8. The van der Waals surface area contributed by atoms with Crippen LogP contribution in [0.5, 0.6) is 5.75 Å². The molecule has 8 heteroatoms. The molecule has 0 aliphatic carbocycles. The van der Waals surface area contributed by atoms with Crippen LogP contribution < -0.4 is 4.74 Å². The van der Waals surface area contributed by atoms with Crippen LogP contribution in [0.3, 0.4) is 0 Å². The highest BCUT2D eigenvalue weighted by Crippen LogP contribution is 2.30. The van der Waals surface area contributed by atoms with E-state index in [2.05, 4.69) is 11.8 Å². The van der Waals surface area contributed by atoms with Crippen molar-refractivity contribution < 1.29 is 24.2 Å². The molecule has 35 heavy (non-hydrogen) atoms. The maximum atomic E-state index is 11.8. The fraction of sp³-hybridized carbons (Fsp3) is 0.444. The minimum atomic E-state index is -0.853. The molecule has 2 aromatic carbocycles. The van der Waals surface area contributed by atoms with Crippen molar-refractivity contribution >= 4 is 29.4 Å². The van der Waals surface area contributed by atoms with Gasteiger partial charge in [-0.25, -0.2) is 0 Å². The minimum Gasteiger partial charge on any atom is -0.496 e. The standard InChI is InChI=1S/C27H33ClN2O5/c1-3-14-29(23(17-27(33)34)20-8-10-22(28)11-9-20)18-19-6-7-21(24(16-19)35-2)5-4-15-30-25(31)12-13-26(30)32/h6-11,16,23H,3-5,12-15,17-18H2,1-2H3,(H,33,34). The lowest BCUT2D eigenvalue weighted by molar-refractivity contribution is -0.139. The molecule has 7 nitrogen and oxygen atoms in total. The first-order valence-electron chi connectivity index (χ1n) is 12.0. The molecule has 0 spiro atoms. The van der Waals surface area contributed by atoms with Crippen molar-refractivity contribution in [2.45, 2.75) is 58.0 Å². The van der Waals surface area contributed by atoms with Crippen LogP contribution >= 0.6 is 11.6 Å². The van der Waals surface area contributed by atoms with Crippen molar-refractivity contribution in [3.8, 4) is 5.75 Å². The number of carboxylic acid groups (broad SMARTS) is 1. The van der Waals surface area contributed by atoms with Crippen LogP contribution in [-0.4, -0.2) is 52.9 Å². The molecule has 0 bridgehead atoms. The van der Waals surface area contributed by atoms with Gasteiger partial charge in [-0.2, -0.15) is 0 Å². The normalized spacial score (nSPS) is 14.6. The highest BCUT2D eigenvalue weighted by Gasteiger charge is 2.28. The van der Waals surface area contributed by atoms with Crippen molar-refractivity contribution in [3.63, 3.8) is 0 Å². The van der Waals surface area contributed by atoms with E-state index in [1.54, 1.807) is 19.2 Å². The second kappa shape index (κ2) is 12.7. The predicted molar refractivity (Wildman–Crippen MR) is 134 cm³/mol. The molecule has 1 heterocycles. The number of amides is 2. The van der Waals surface area contributed by atoms with E-state index in [9.17, 15) is 19.5 Å². The molecule has 1 unspecified atom stereocenters. The number of aryl methyl sites for hydroxylation is 1. The van der Waals surface area contributed by atoms with Gasteiger partial charge in [0.1, 0.15) is 5.75 Å². The van der Waals surface area contributed by atoms with Crippen LogP contribution in [0.4, 0.5) is 0 Å². The number of carbonyl (C=O) groups excluding carboxylic acids is 2. The molecular weight excluding hydrogens is 468 g/mol. The van der Waals surface area contributed by atoms with E-state index in [4.69, 9.17) is 16.3 Å². The Hall–Kier alpha value is -2.90. The summed E-state index contributed by atoms with van der Waals surface area (Å²) in [5.41, 5.74) is 2.95. The van der Waals surface area contributed by atoms with Crippen molar-refractivity contribution in [2.24, 2.45) is 0 Å². The minimum absolute atomic E-state index is 0.00914. The first-order valence-corrected chi connectivity index (χ1v) is 12.4. The summed E-state index contributed by atoms with van der Waals surface area (Å²) in [7, 11) is 1.63. The van der Waals surface area contributed by atoms with Crippen LogP contribution in [0.15, 0.2) is 42.5 Å². The Morgan fingerprint density at radius 2 is 1.83 bits per heavy atom. The average molecular weight is 501 g/mol. The molecular formula is C27H33ClN2O5. The van der Waals surface area contributed by atoms with Gasteiger partial charge < -0.3 is 9.84 Å². The summed E-state index contributed by atoms with van der Waals surface area (Å²) in [6, 6.07) is 13.1.